The molecule has 0 aliphatic heterocycles. The Kier molecular flexibility index (Phi) is 3.95. The third kappa shape index (κ3) is 2.81. The molecule has 0 radical (unpaired) electrons. The molecule has 0 spiro atoms. The van der Waals surface area contributed by atoms with Crippen LogP contribution in [0.3, 0.4) is 0 Å². The molecule has 5 heteroatoms. The van der Waals surface area contributed by atoms with E-state index < -0.39 is 0 Å². The van der Waals surface area contributed by atoms with Gasteiger partial charge in [0.1, 0.15) is 0 Å². The second-order valence-electron chi connectivity index (χ2n) is 6.15. The van der Waals surface area contributed by atoms with Crippen LogP contribution in [0.25, 0.3) is 11.3 Å². The number of hydrogen-bond acceptors (Lipinski definition) is 3. The molecule has 0 N–H and O–H groups in total. The van der Waals surface area contributed by atoms with E-state index in [1.54, 1.807) is 11.3 Å². The number of benzene rings is 1. The second-order valence-corrected chi connectivity index (χ2v) is 7.43. The minimum absolute atomic E-state index is 0.556. The lowest BCUT2D eigenvalue weighted by molar-refractivity contribution is 0.590. The number of nitrogens with zero attached hydrogens (tertiary/aromatic N) is 3. The Morgan fingerprint density at radius 2 is 2.04 bits per heavy atom. The molecule has 0 saturated heterocycles. The fourth-order valence-electron chi connectivity index (χ4n) is 3.53. The van der Waals surface area contributed by atoms with E-state index >= 15 is 0 Å². The van der Waals surface area contributed by atoms with Crippen molar-refractivity contribution < 1.29 is 0 Å². The summed E-state index contributed by atoms with van der Waals surface area (Å²) in [5, 5.41) is 7.62. The van der Waals surface area contributed by atoms with Crippen LogP contribution < -0.4 is 4.80 Å². The Hall–Kier alpha value is -1.65. The quantitative estimate of drug-likeness (QED) is 0.582. The highest BCUT2D eigenvalue weighted by Gasteiger charge is 2.34. The van der Waals surface area contributed by atoms with Gasteiger partial charge in [-0.1, -0.05) is 35.9 Å². The summed E-state index contributed by atoms with van der Waals surface area (Å²) in [7, 11) is 1.81. The molecule has 1 saturated carbocycles. The predicted molar refractivity (Wildman–Crippen MR) is 97.0 cm³/mol. The van der Waals surface area contributed by atoms with E-state index in [2.05, 4.69) is 28.7 Å². The molecule has 2 aliphatic rings. The summed E-state index contributed by atoms with van der Waals surface area (Å²) in [5.41, 5.74) is 2.16. The second kappa shape index (κ2) is 6.10. The first-order chi connectivity index (χ1) is 11.2. The summed E-state index contributed by atoms with van der Waals surface area (Å²) in [5.74, 6) is 1.99. The maximum absolute atomic E-state index is 6.00. The fourth-order valence-corrected chi connectivity index (χ4v) is 4.46. The summed E-state index contributed by atoms with van der Waals surface area (Å²) < 4.78 is 1.95. The summed E-state index contributed by atoms with van der Waals surface area (Å²) >= 11 is 7.60. The van der Waals surface area contributed by atoms with Crippen molar-refractivity contribution in [3.63, 3.8) is 0 Å². The Bertz CT molecular complexity index is 829. The van der Waals surface area contributed by atoms with Gasteiger partial charge in [-0.3, -0.25) is 4.99 Å². The maximum atomic E-state index is 6.00. The van der Waals surface area contributed by atoms with E-state index in [0.29, 0.717) is 11.8 Å². The summed E-state index contributed by atoms with van der Waals surface area (Å²) in [4.78, 5) is 5.26. The number of allylic oxidation sites excluding steroid dienone is 2. The van der Waals surface area contributed by atoms with Gasteiger partial charge in [0.15, 0.2) is 0 Å². The van der Waals surface area contributed by atoms with E-state index in [1.807, 2.05) is 36.0 Å². The van der Waals surface area contributed by atoms with Crippen molar-refractivity contribution in [3.05, 3.63) is 51.6 Å². The first-order valence-corrected chi connectivity index (χ1v) is 9.12. The standard InChI is InChI=1S/C18H18ClN3S/c1-20-18-22(21-10-15-9-12-2-3-14(15)8-12)17(11-23-18)13-4-6-16(19)7-5-13/h2-7,10-12,14-15H,8-9H2,1H3. The molecule has 3 unspecified atom stereocenters. The minimum Gasteiger partial charge on any atom is -0.261 e. The van der Waals surface area contributed by atoms with Crippen molar-refractivity contribution in [2.45, 2.75) is 12.8 Å². The van der Waals surface area contributed by atoms with E-state index in [0.717, 1.165) is 27.0 Å². The van der Waals surface area contributed by atoms with Gasteiger partial charge in [0.05, 0.1) is 5.69 Å². The molecule has 1 aromatic carbocycles. The molecule has 2 bridgehead atoms. The zero-order valence-corrected chi connectivity index (χ0v) is 14.5. The van der Waals surface area contributed by atoms with Crippen LogP contribution in [-0.2, 0) is 0 Å². The van der Waals surface area contributed by atoms with Crippen LogP contribution >= 0.6 is 22.9 Å². The smallest absolute Gasteiger partial charge is 0.205 e. The van der Waals surface area contributed by atoms with Crippen molar-refractivity contribution in [2.75, 3.05) is 7.05 Å². The average molecular weight is 344 g/mol. The number of hydrogen-bond donors (Lipinski definition) is 0. The lowest BCUT2D eigenvalue weighted by Gasteiger charge is -2.12. The van der Waals surface area contributed by atoms with Gasteiger partial charge in [0.25, 0.3) is 0 Å². The van der Waals surface area contributed by atoms with Crippen LogP contribution in [0.15, 0.2) is 51.9 Å². The van der Waals surface area contributed by atoms with Gasteiger partial charge >= 0.3 is 0 Å². The summed E-state index contributed by atoms with van der Waals surface area (Å²) in [6.45, 7) is 0. The molecular weight excluding hydrogens is 326 g/mol. The van der Waals surface area contributed by atoms with Crippen molar-refractivity contribution in [3.8, 4) is 11.3 Å². The Labute approximate surface area is 144 Å². The van der Waals surface area contributed by atoms with E-state index in [4.69, 9.17) is 16.7 Å². The molecule has 3 atom stereocenters. The highest BCUT2D eigenvalue weighted by atomic mass is 35.5. The van der Waals surface area contributed by atoms with Crippen molar-refractivity contribution in [1.29, 1.82) is 0 Å². The number of aromatic nitrogens is 1. The van der Waals surface area contributed by atoms with Crippen molar-refractivity contribution in [2.24, 2.45) is 27.8 Å². The van der Waals surface area contributed by atoms with E-state index in [1.165, 1.54) is 12.8 Å². The van der Waals surface area contributed by atoms with Crippen LogP contribution in [0, 0.1) is 17.8 Å². The highest BCUT2D eigenvalue weighted by Crippen LogP contribution is 2.42. The summed E-state index contributed by atoms with van der Waals surface area (Å²) in [6, 6.07) is 7.87. The number of thiazole rings is 1. The summed E-state index contributed by atoms with van der Waals surface area (Å²) in [6.07, 6.45) is 9.35. The Morgan fingerprint density at radius 3 is 2.70 bits per heavy atom. The number of rotatable bonds is 3. The van der Waals surface area contributed by atoms with Gasteiger partial charge in [-0.2, -0.15) is 5.10 Å². The largest absolute Gasteiger partial charge is 0.261 e. The van der Waals surface area contributed by atoms with Gasteiger partial charge in [-0.05, 0) is 36.8 Å². The number of fused-ring (bicyclic) bond motifs is 2. The first kappa shape index (κ1) is 14.9. The number of halogens is 1. The molecule has 4 rings (SSSR count). The predicted octanol–water partition coefficient (Wildman–Crippen LogP) is 4.45. The zero-order valence-electron chi connectivity index (χ0n) is 12.9. The molecule has 23 heavy (non-hydrogen) atoms. The van der Waals surface area contributed by atoms with Crippen molar-refractivity contribution >= 4 is 29.2 Å². The topological polar surface area (TPSA) is 29.6 Å². The van der Waals surface area contributed by atoms with E-state index in [9.17, 15) is 0 Å². The fraction of sp³-hybridized carbons (Fsp3) is 0.333. The van der Waals surface area contributed by atoms with Crippen LogP contribution in [0.2, 0.25) is 5.02 Å². The Balaban J connectivity index is 1.68. The van der Waals surface area contributed by atoms with Gasteiger partial charge in [-0.25, -0.2) is 4.68 Å². The minimum atomic E-state index is 0.556. The average Bonchev–Trinajstić information content (AvgIpc) is 3.28. The molecule has 2 aromatic rings. The Morgan fingerprint density at radius 1 is 1.22 bits per heavy atom. The third-order valence-corrected chi connectivity index (χ3v) is 5.88. The molecule has 1 aromatic heterocycles. The monoisotopic (exact) mass is 343 g/mol. The van der Waals surface area contributed by atoms with Crippen LogP contribution in [-0.4, -0.2) is 17.9 Å². The van der Waals surface area contributed by atoms with Crippen molar-refractivity contribution in [1.82, 2.24) is 4.68 Å². The molecule has 118 valence electrons. The molecule has 2 aliphatic carbocycles. The van der Waals surface area contributed by atoms with Gasteiger partial charge in [0, 0.05) is 35.1 Å². The molecule has 3 nitrogen and oxygen atoms in total. The molecule has 0 amide bonds. The van der Waals surface area contributed by atoms with Gasteiger partial charge < -0.3 is 0 Å². The lowest BCUT2D eigenvalue weighted by atomic mass is 9.95. The normalized spacial score (nSPS) is 26.7. The van der Waals surface area contributed by atoms with Gasteiger partial charge in [0.2, 0.25) is 4.80 Å². The molecule has 1 fully saturated rings. The zero-order chi connectivity index (χ0) is 15.8. The molecule has 1 heterocycles. The third-order valence-electron chi connectivity index (χ3n) is 4.72. The van der Waals surface area contributed by atoms with Crippen LogP contribution in [0.4, 0.5) is 0 Å². The van der Waals surface area contributed by atoms with Crippen LogP contribution in [0.1, 0.15) is 12.8 Å². The van der Waals surface area contributed by atoms with E-state index in [-0.39, 0.29) is 0 Å². The maximum Gasteiger partial charge on any atom is 0.205 e. The highest BCUT2D eigenvalue weighted by molar-refractivity contribution is 7.07. The van der Waals surface area contributed by atoms with Gasteiger partial charge in [-0.15, -0.1) is 11.3 Å². The van der Waals surface area contributed by atoms with Crippen LogP contribution in [0.5, 0.6) is 0 Å². The molecular formula is C18H18ClN3S. The lowest BCUT2D eigenvalue weighted by Crippen LogP contribution is -2.14. The SMILES string of the molecule is CN=c1scc(-c2ccc(Cl)cc2)n1N=CC1CC2C=CC1C2. The first-order valence-electron chi connectivity index (χ1n) is 7.86.